The van der Waals surface area contributed by atoms with Gasteiger partial charge in [0.2, 0.25) is 11.8 Å². The molecule has 2 atom stereocenters. The van der Waals surface area contributed by atoms with Crippen molar-refractivity contribution in [1.82, 2.24) is 20.7 Å². The molecule has 7 nitrogen and oxygen atoms in total. The lowest BCUT2D eigenvalue weighted by Crippen LogP contribution is -2.41. The van der Waals surface area contributed by atoms with Crippen LogP contribution in [-0.2, 0) is 28.9 Å². The number of halogens is 3. The quantitative estimate of drug-likeness (QED) is 0.681. The molecule has 2 N–H and O–H groups in total. The molecule has 2 aromatic rings. The third-order valence-electron chi connectivity index (χ3n) is 5.81. The van der Waals surface area contributed by atoms with Crippen LogP contribution in [0.2, 0.25) is 0 Å². The topological polar surface area (TPSA) is 87.5 Å². The lowest BCUT2D eigenvalue weighted by atomic mass is 9.96. The average molecular weight is 467 g/mol. The first-order chi connectivity index (χ1) is 15.6. The first kappa shape index (κ1) is 24.8. The van der Waals surface area contributed by atoms with Crippen molar-refractivity contribution in [1.29, 1.82) is 0 Å². The molecule has 1 aromatic heterocycles. The van der Waals surface area contributed by atoms with E-state index in [4.69, 9.17) is 4.52 Å². The smallest absolute Gasteiger partial charge is 0.361 e. The number of amides is 2. The maximum atomic E-state index is 12.7. The summed E-state index contributed by atoms with van der Waals surface area (Å²) in [5.41, 5.74) is 0.680. The highest BCUT2D eigenvalue weighted by Gasteiger charge is 2.30. The van der Waals surface area contributed by atoms with Gasteiger partial charge in [0, 0.05) is 44.6 Å². The Morgan fingerprint density at radius 2 is 1.94 bits per heavy atom. The zero-order chi connectivity index (χ0) is 24.0. The summed E-state index contributed by atoms with van der Waals surface area (Å²) in [5.74, 6) is -0.0702. The second kappa shape index (κ2) is 10.8. The number of nitrogens with zero attached hydrogens (tertiary/aromatic N) is 2. The predicted octanol–water partition coefficient (Wildman–Crippen LogP) is 3.43. The van der Waals surface area contributed by atoms with Gasteiger partial charge in [-0.2, -0.15) is 13.2 Å². The van der Waals surface area contributed by atoms with Gasteiger partial charge >= 0.3 is 6.18 Å². The SMILES string of the molecule is Cc1cc(CNC(=O)C2CCCC(NCc3ccc(C(F)(F)F)cc3)CN(C)C(=O)C2)no1. The summed E-state index contributed by atoms with van der Waals surface area (Å²) in [5, 5.41) is 10.0. The Hall–Kier alpha value is -2.88. The summed E-state index contributed by atoms with van der Waals surface area (Å²) in [6.45, 7) is 2.87. The van der Waals surface area contributed by atoms with Crippen molar-refractivity contribution in [2.24, 2.45) is 5.92 Å². The molecular formula is C23H29F3N4O3. The molecular weight excluding hydrogens is 437 g/mol. The molecule has 2 heterocycles. The van der Waals surface area contributed by atoms with E-state index in [9.17, 15) is 22.8 Å². The number of hydrogen-bond donors (Lipinski definition) is 2. The first-order valence-electron chi connectivity index (χ1n) is 10.9. The normalized spacial score (nSPS) is 20.2. The molecule has 0 aliphatic carbocycles. The predicted molar refractivity (Wildman–Crippen MR) is 115 cm³/mol. The fourth-order valence-electron chi connectivity index (χ4n) is 3.89. The lowest BCUT2D eigenvalue weighted by molar-refractivity contribution is -0.137. The molecule has 33 heavy (non-hydrogen) atoms. The fraction of sp³-hybridized carbons (Fsp3) is 0.522. The van der Waals surface area contributed by atoms with Gasteiger partial charge in [0.1, 0.15) is 11.5 Å². The maximum absolute atomic E-state index is 12.7. The molecule has 10 heteroatoms. The molecule has 0 bridgehead atoms. The van der Waals surface area contributed by atoms with Gasteiger partial charge in [-0.3, -0.25) is 9.59 Å². The summed E-state index contributed by atoms with van der Waals surface area (Å²) in [6, 6.07) is 6.77. The second-order valence-corrected chi connectivity index (χ2v) is 8.53. The molecule has 1 fully saturated rings. The monoisotopic (exact) mass is 466 g/mol. The van der Waals surface area contributed by atoms with Gasteiger partial charge < -0.3 is 20.1 Å². The van der Waals surface area contributed by atoms with Crippen LogP contribution in [0.1, 0.15) is 48.3 Å². The number of carbonyl (C=O) groups is 2. The fourth-order valence-corrected chi connectivity index (χ4v) is 3.89. The van der Waals surface area contributed by atoms with Gasteiger partial charge in [-0.15, -0.1) is 0 Å². The number of alkyl halides is 3. The second-order valence-electron chi connectivity index (χ2n) is 8.53. The third-order valence-corrected chi connectivity index (χ3v) is 5.81. The highest BCUT2D eigenvalue weighted by Crippen LogP contribution is 2.29. The van der Waals surface area contributed by atoms with Crippen LogP contribution in [0.15, 0.2) is 34.9 Å². The van der Waals surface area contributed by atoms with Crippen molar-refractivity contribution in [3.63, 3.8) is 0 Å². The van der Waals surface area contributed by atoms with Gasteiger partial charge in [-0.25, -0.2) is 0 Å². The number of likely N-dealkylation sites (N-methyl/N-ethyl adjacent to an activating group) is 1. The van der Waals surface area contributed by atoms with Crippen molar-refractivity contribution in [2.45, 2.75) is 57.9 Å². The summed E-state index contributed by atoms with van der Waals surface area (Å²) in [4.78, 5) is 26.9. The van der Waals surface area contributed by atoms with E-state index in [0.29, 0.717) is 31.0 Å². The van der Waals surface area contributed by atoms with E-state index in [0.717, 1.165) is 30.5 Å². The minimum Gasteiger partial charge on any atom is -0.361 e. The molecule has 2 amide bonds. The molecule has 0 saturated carbocycles. The summed E-state index contributed by atoms with van der Waals surface area (Å²) < 4.78 is 43.2. The van der Waals surface area contributed by atoms with Gasteiger partial charge in [-0.1, -0.05) is 23.7 Å². The van der Waals surface area contributed by atoms with Gasteiger partial charge in [0.15, 0.2) is 0 Å². The lowest BCUT2D eigenvalue weighted by Gasteiger charge is -2.24. The Kier molecular flexibility index (Phi) is 8.12. The average Bonchev–Trinajstić information content (AvgIpc) is 3.21. The summed E-state index contributed by atoms with van der Waals surface area (Å²) >= 11 is 0. The van der Waals surface area contributed by atoms with E-state index in [1.165, 1.54) is 12.1 Å². The Morgan fingerprint density at radius 1 is 1.21 bits per heavy atom. The standard InChI is InChI=1S/C23H29F3N4O3/c1-15-10-20(29-33-15)13-28-22(32)17-4-3-5-19(14-30(2)21(31)11-17)27-12-16-6-8-18(9-7-16)23(24,25)26/h6-10,17,19,27H,3-5,11-14H2,1-2H3,(H,28,32). The van der Waals surface area contributed by atoms with Gasteiger partial charge in [0.25, 0.3) is 0 Å². The first-order valence-corrected chi connectivity index (χ1v) is 10.9. The van der Waals surface area contributed by atoms with Crippen LogP contribution in [-0.4, -0.2) is 41.5 Å². The molecule has 1 aliphatic heterocycles. The third kappa shape index (κ3) is 7.31. The molecule has 3 rings (SSSR count). The van der Waals surface area contributed by atoms with Crippen molar-refractivity contribution in [3.8, 4) is 0 Å². The molecule has 1 aliphatic rings. The van der Waals surface area contributed by atoms with Crippen molar-refractivity contribution < 1.29 is 27.3 Å². The minimum atomic E-state index is -4.36. The number of nitrogens with one attached hydrogen (secondary N) is 2. The number of carbonyl (C=O) groups excluding carboxylic acids is 2. The summed E-state index contributed by atoms with van der Waals surface area (Å²) in [7, 11) is 1.70. The van der Waals surface area contributed by atoms with Crippen molar-refractivity contribution >= 4 is 11.8 Å². The minimum absolute atomic E-state index is 0.0267. The molecule has 1 aromatic carbocycles. The molecule has 1 saturated heterocycles. The number of benzene rings is 1. The van der Waals surface area contributed by atoms with Crippen LogP contribution >= 0.6 is 0 Å². The van der Waals surface area contributed by atoms with E-state index in [1.807, 2.05) is 0 Å². The van der Waals surface area contributed by atoms with E-state index in [1.54, 1.807) is 24.9 Å². The number of rotatable bonds is 6. The zero-order valence-electron chi connectivity index (χ0n) is 18.7. The largest absolute Gasteiger partial charge is 0.416 e. The van der Waals surface area contributed by atoms with Crippen LogP contribution in [0.4, 0.5) is 13.2 Å². The van der Waals surface area contributed by atoms with Crippen LogP contribution in [0.3, 0.4) is 0 Å². The van der Waals surface area contributed by atoms with Crippen LogP contribution in [0.25, 0.3) is 0 Å². The van der Waals surface area contributed by atoms with Gasteiger partial charge in [0.05, 0.1) is 12.1 Å². The Labute approximate surface area is 190 Å². The summed E-state index contributed by atoms with van der Waals surface area (Å²) in [6.07, 6.45) is -2.17. The van der Waals surface area contributed by atoms with E-state index in [2.05, 4.69) is 15.8 Å². The molecule has 180 valence electrons. The highest BCUT2D eigenvalue weighted by molar-refractivity contribution is 5.85. The number of aromatic nitrogens is 1. The van der Waals surface area contributed by atoms with Crippen molar-refractivity contribution in [3.05, 3.63) is 52.9 Å². The molecule has 0 spiro atoms. The van der Waals surface area contributed by atoms with Crippen LogP contribution in [0, 0.1) is 12.8 Å². The number of aryl methyl sites for hydroxylation is 1. The Bertz CT molecular complexity index is 943. The molecule has 2 unspecified atom stereocenters. The maximum Gasteiger partial charge on any atom is 0.416 e. The molecule has 0 radical (unpaired) electrons. The van der Waals surface area contributed by atoms with E-state index >= 15 is 0 Å². The number of hydrogen-bond acceptors (Lipinski definition) is 5. The zero-order valence-corrected chi connectivity index (χ0v) is 18.7. The van der Waals surface area contributed by atoms with Crippen LogP contribution < -0.4 is 10.6 Å². The van der Waals surface area contributed by atoms with Gasteiger partial charge in [-0.05, 0) is 37.5 Å². The Morgan fingerprint density at radius 3 is 2.58 bits per heavy atom. The van der Waals surface area contributed by atoms with E-state index in [-0.39, 0.29) is 30.8 Å². The van der Waals surface area contributed by atoms with Crippen molar-refractivity contribution in [2.75, 3.05) is 13.6 Å². The van der Waals surface area contributed by atoms with Crippen LogP contribution in [0.5, 0.6) is 0 Å². The highest BCUT2D eigenvalue weighted by atomic mass is 19.4. The Balaban J connectivity index is 1.53. The van der Waals surface area contributed by atoms with E-state index < -0.39 is 17.7 Å².